The second kappa shape index (κ2) is 21.2. The van der Waals surface area contributed by atoms with Gasteiger partial charge in [0, 0.05) is 79.3 Å². The van der Waals surface area contributed by atoms with Crippen molar-refractivity contribution in [2.45, 2.75) is 0 Å². The second-order valence-electron chi connectivity index (χ2n) is 10.0. The van der Waals surface area contributed by atoms with E-state index in [1.165, 1.54) is 0 Å². The van der Waals surface area contributed by atoms with Crippen LogP contribution in [-0.2, 0) is 85.5 Å². The van der Waals surface area contributed by atoms with Crippen molar-refractivity contribution in [3.63, 3.8) is 0 Å². The van der Waals surface area contributed by atoms with E-state index < -0.39 is 0 Å². The minimum absolute atomic E-state index is 0. The predicted molar refractivity (Wildman–Crippen MR) is 190 cm³/mol. The number of rotatable bonds is 5. The van der Waals surface area contributed by atoms with Crippen molar-refractivity contribution in [3.8, 4) is 50.7 Å². The zero-order valence-electron chi connectivity index (χ0n) is 27.2. The van der Waals surface area contributed by atoms with Gasteiger partial charge in [0.25, 0.3) is 0 Å². The standard InChI is InChI=1S/C31H17N2.C10H7N2.CH3.B.Ir.2Y/c1-3-10-23(11-4-1)24-18-20-25(21-19-24)26-12-9-13-27(22-26)31-32-29-16-7-8-17-30(29)33(31)28-14-5-2-6-15-28;1-2-5-9(6-3-1)10-11-7-4-8-12-10;;;;;/h1-10,12,14-18,21H;1-5,7-8H;1H3;;;;/q-5;2*-1;;;;+3. The first kappa shape index (κ1) is 43.0. The molecule has 8 rings (SSSR count). The van der Waals surface area contributed by atoms with Crippen molar-refractivity contribution in [3.05, 3.63) is 190 Å². The van der Waals surface area contributed by atoms with Gasteiger partial charge in [0.15, 0.2) is 0 Å². The number of hydrogen-bond donors (Lipinski definition) is 0. The molecular weight excluding hydrogens is 941 g/mol. The Bertz CT molecular complexity index is 2110. The van der Waals surface area contributed by atoms with Crippen LogP contribution in [0.2, 0.25) is 0 Å². The number of imidazole rings is 1. The third-order valence-electron chi connectivity index (χ3n) is 7.09. The molecule has 0 aliphatic rings. The Morgan fingerprint density at radius 3 is 1.78 bits per heavy atom. The molecule has 8 aromatic rings. The van der Waals surface area contributed by atoms with E-state index in [9.17, 15) is 0 Å². The summed E-state index contributed by atoms with van der Waals surface area (Å²) >= 11 is 0. The van der Waals surface area contributed by atoms with Gasteiger partial charge < -0.3 is 28.6 Å². The van der Waals surface area contributed by atoms with Crippen LogP contribution in [0.5, 0.6) is 0 Å². The summed E-state index contributed by atoms with van der Waals surface area (Å²) < 4.78 is 2.16. The Kier molecular flexibility index (Phi) is 18.2. The summed E-state index contributed by atoms with van der Waals surface area (Å²) in [6.45, 7) is 0. The Labute approximate surface area is 360 Å². The molecule has 8 heteroatoms. The molecule has 50 heavy (non-hydrogen) atoms. The third kappa shape index (κ3) is 10.2. The van der Waals surface area contributed by atoms with Crippen molar-refractivity contribution >= 4 is 19.4 Å². The normalized spacial score (nSPS) is 9.60. The number of para-hydroxylation sites is 3. The van der Waals surface area contributed by atoms with E-state index >= 15 is 0 Å². The van der Waals surface area contributed by atoms with Crippen LogP contribution in [0.25, 0.3) is 61.8 Å². The van der Waals surface area contributed by atoms with Gasteiger partial charge in [0.2, 0.25) is 0 Å². The molecule has 2 heterocycles. The summed E-state index contributed by atoms with van der Waals surface area (Å²) in [5.74, 6) is 1.53. The fraction of sp³-hybridized carbons (Fsp3) is 0. The van der Waals surface area contributed by atoms with Gasteiger partial charge in [0.05, 0.1) is 16.9 Å². The van der Waals surface area contributed by atoms with E-state index in [0.29, 0.717) is 0 Å². The quantitative estimate of drug-likeness (QED) is 0.128. The molecule has 4 nitrogen and oxygen atoms in total. The Morgan fingerprint density at radius 1 is 0.540 bits per heavy atom. The molecule has 237 valence electrons. The topological polar surface area (TPSA) is 43.6 Å². The number of fused-ring (bicyclic) bond motifs is 1. The summed E-state index contributed by atoms with van der Waals surface area (Å²) in [4.78, 5) is 13.1. The first-order valence-electron chi connectivity index (χ1n) is 14.5. The number of hydrogen-bond acceptors (Lipinski definition) is 3. The van der Waals surface area contributed by atoms with Crippen LogP contribution in [-0.4, -0.2) is 27.9 Å². The molecule has 0 bridgehead atoms. The molecule has 0 amide bonds. The summed E-state index contributed by atoms with van der Waals surface area (Å²) in [6, 6.07) is 63.5. The Balaban J connectivity index is 0.000000438. The van der Waals surface area contributed by atoms with Crippen LogP contribution >= 0.6 is 0 Å². The molecule has 2 aromatic heterocycles. The van der Waals surface area contributed by atoms with Crippen LogP contribution in [0.4, 0.5) is 0 Å². The van der Waals surface area contributed by atoms with E-state index in [4.69, 9.17) is 4.98 Å². The molecule has 0 N–H and O–H groups in total. The van der Waals surface area contributed by atoms with Gasteiger partial charge in [-0.05, 0) is 36.2 Å². The molecule has 0 atom stereocenters. The molecule has 0 aliphatic heterocycles. The maximum Gasteiger partial charge on any atom is 3.00 e. The maximum atomic E-state index is 4.93. The molecule has 5 radical (unpaired) electrons. The van der Waals surface area contributed by atoms with Crippen LogP contribution in [0, 0.1) is 43.8 Å². The Hall–Kier alpha value is -3.21. The van der Waals surface area contributed by atoms with Crippen molar-refractivity contribution in [2.24, 2.45) is 0 Å². The molecule has 0 aliphatic carbocycles. The third-order valence-corrected chi connectivity index (χ3v) is 7.09. The van der Waals surface area contributed by atoms with Crippen molar-refractivity contribution in [1.82, 2.24) is 19.5 Å². The van der Waals surface area contributed by atoms with Crippen LogP contribution in [0.1, 0.15) is 0 Å². The SMILES string of the molecule is [B].[CH3-].[Ir].[Y+3].[Y].[c-]1ccc(-c2[c-]cc(-c3[c-]cccc3)[c-]c2)[c-]c1-c1nc2ccccc2n1-c1ccccc1.[c-]1ccccc1-c1ncccn1. The van der Waals surface area contributed by atoms with Gasteiger partial charge in [0.1, 0.15) is 0 Å². The second-order valence-corrected chi connectivity index (χ2v) is 10.0. The van der Waals surface area contributed by atoms with Crippen molar-refractivity contribution in [2.75, 3.05) is 0 Å². The maximum absolute atomic E-state index is 4.93. The fourth-order valence-corrected chi connectivity index (χ4v) is 4.96. The predicted octanol–water partition coefficient (Wildman–Crippen LogP) is 9.03. The zero-order chi connectivity index (χ0) is 30.3. The van der Waals surface area contributed by atoms with Gasteiger partial charge in [-0.3, -0.25) is 33.2 Å². The molecule has 0 saturated heterocycles. The van der Waals surface area contributed by atoms with E-state index in [-0.39, 0.29) is 101 Å². The molecule has 0 fully saturated rings. The minimum Gasteiger partial charge on any atom is -0.374 e. The van der Waals surface area contributed by atoms with Gasteiger partial charge in [-0.1, -0.05) is 30.3 Å². The summed E-state index contributed by atoms with van der Waals surface area (Å²) in [7, 11) is 0. The average molecular weight is 969 g/mol. The van der Waals surface area contributed by atoms with Crippen LogP contribution in [0.15, 0.2) is 146 Å². The van der Waals surface area contributed by atoms with Crippen molar-refractivity contribution in [1.29, 1.82) is 0 Å². The van der Waals surface area contributed by atoms with Gasteiger partial charge in [-0.15, -0.1) is 42.0 Å². The fourth-order valence-electron chi connectivity index (χ4n) is 4.96. The molecule has 0 unspecified atom stereocenters. The Morgan fingerprint density at radius 2 is 1.14 bits per heavy atom. The molecule has 0 spiro atoms. The smallest absolute Gasteiger partial charge is 0.374 e. The zero-order valence-corrected chi connectivity index (χ0v) is 35.3. The molecule has 0 saturated carbocycles. The molecule has 6 aromatic carbocycles. The monoisotopic (exact) mass is 969 g/mol. The van der Waals surface area contributed by atoms with E-state index in [0.717, 1.165) is 61.8 Å². The van der Waals surface area contributed by atoms with Crippen LogP contribution in [0.3, 0.4) is 0 Å². The molecular formula is C42H27BIrN4Y2-4. The van der Waals surface area contributed by atoms with Crippen LogP contribution < -0.4 is 0 Å². The first-order chi connectivity index (χ1) is 22.3. The number of aromatic nitrogens is 4. The summed E-state index contributed by atoms with van der Waals surface area (Å²) in [5.41, 5.74) is 8.59. The number of benzene rings is 6. The van der Waals surface area contributed by atoms with E-state index in [2.05, 4.69) is 69.1 Å². The summed E-state index contributed by atoms with van der Waals surface area (Å²) in [5, 5.41) is 0. The minimum atomic E-state index is 0. The largest absolute Gasteiger partial charge is 3.00 e. The van der Waals surface area contributed by atoms with E-state index in [1.807, 2.05) is 109 Å². The first-order valence-corrected chi connectivity index (χ1v) is 14.5. The van der Waals surface area contributed by atoms with Gasteiger partial charge in [-0.2, -0.15) is 24.3 Å². The van der Waals surface area contributed by atoms with Crippen molar-refractivity contribution < 1.29 is 85.5 Å². The average Bonchev–Trinajstić information content (AvgIpc) is 3.53. The van der Waals surface area contributed by atoms with Gasteiger partial charge >= 0.3 is 32.7 Å². The number of nitrogens with zero attached hydrogens (tertiary/aromatic N) is 4. The summed E-state index contributed by atoms with van der Waals surface area (Å²) in [6.07, 6.45) is 3.45. The van der Waals surface area contributed by atoms with E-state index in [1.54, 1.807) is 18.5 Å². The van der Waals surface area contributed by atoms with Gasteiger partial charge in [-0.25, -0.2) is 41.5 Å².